The lowest BCUT2D eigenvalue weighted by Gasteiger charge is -2.48. The summed E-state index contributed by atoms with van der Waals surface area (Å²) in [4.78, 5) is 26.4. The summed E-state index contributed by atoms with van der Waals surface area (Å²) < 4.78 is 1.67. The minimum absolute atomic E-state index is 0.0798. The van der Waals surface area contributed by atoms with Gasteiger partial charge in [0.15, 0.2) is 5.69 Å². The van der Waals surface area contributed by atoms with E-state index in [2.05, 4.69) is 10.4 Å². The SMILES string of the molecule is CSCCNC(=O)C1(C)CCN1C(=O)c1cc(C)n(C)n1. The van der Waals surface area contributed by atoms with Gasteiger partial charge >= 0.3 is 0 Å². The molecular weight excluding hydrogens is 288 g/mol. The second-order valence-electron chi connectivity index (χ2n) is 5.52. The Kier molecular flexibility index (Phi) is 4.61. The topological polar surface area (TPSA) is 67.2 Å². The average Bonchev–Trinajstić information content (AvgIpc) is 2.76. The van der Waals surface area contributed by atoms with Crippen molar-refractivity contribution >= 4 is 23.6 Å². The molecule has 0 radical (unpaired) electrons. The van der Waals surface area contributed by atoms with Crippen LogP contribution in [0.4, 0.5) is 0 Å². The fourth-order valence-corrected chi connectivity index (χ4v) is 2.69. The first-order chi connectivity index (χ1) is 9.90. The number of carbonyl (C=O) groups excluding carboxylic acids is 2. The molecule has 1 fully saturated rings. The molecule has 116 valence electrons. The summed E-state index contributed by atoms with van der Waals surface area (Å²) >= 11 is 1.68. The molecule has 1 aromatic heterocycles. The molecule has 1 atom stereocenters. The van der Waals surface area contributed by atoms with Crippen LogP contribution in [0.15, 0.2) is 6.07 Å². The number of aryl methyl sites for hydroxylation is 2. The van der Waals surface area contributed by atoms with Crippen molar-refractivity contribution < 1.29 is 9.59 Å². The predicted octanol–water partition coefficient (Wildman–Crippen LogP) is 0.812. The molecule has 1 unspecified atom stereocenters. The standard InChI is InChI=1S/C14H22N4O2S/c1-10-9-11(16-17(10)3)12(19)18-7-5-14(18,2)13(20)15-6-8-21-4/h9H,5-8H2,1-4H3,(H,15,20). The van der Waals surface area contributed by atoms with E-state index in [9.17, 15) is 9.59 Å². The van der Waals surface area contributed by atoms with Gasteiger partial charge < -0.3 is 10.2 Å². The van der Waals surface area contributed by atoms with Crippen LogP contribution in [0.1, 0.15) is 29.5 Å². The number of hydrogen-bond donors (Lipinski definition) is 1. The lowest BCUT2D eigenvalue weighted by Crippen LogP contribution is -2.67. The number of aromatic nitrogens is 2. The molecule has 0 spiro atoms. The van der Waals surface area contributed by atoms with Crippen molar-refractivity contribution in [2.45, 2.75) is 25.8 Å². The van der Waals surface area contributed by atoms with Crippen molar-refractivity contribution in [2.24, 2.45) is 7.05 Å². The predicted molar refractivity (Wildman–Crippen MR) is 83.4 cm³/mol. The second kappa shape index (κ2) is 6.09. The highest BCUT2D eigenvalue weighted by molar-refractivity contribution is 7.98. The van der Waals surface area contributed by atoms with Crippen molar-refractivity contribution in [3.05, 3.63) is 17.5 Å². The van der Waals surface area contributed by atoms with E-state index in [1.54, 1.807) is 34.5 Å². The molecule has 0 aliphatic carbocycles. The third-order valence-corrected chi connectivity index (χ3v) is 4.69. The molecule has 2 rings (SSSR count). The highest BCUT2D eigenvalue weighted by Gasteiger charge is 2.49. The summed E-state index contributed by atoms with van der Waals surface area (Å²) in [6, 6.07) is 1.76. The molecule has 1 saturated heterocycles. The second-order valence-corrected chi connectivity index (χ2v) is 6.51. The van der Waals surface area contributed by atoms with Crippen LogP contribution in [0.25, 0.3) is 0 Å². The van der Waals surface area contributed by atoms with E-state index in [0.717, 1.165) is 11.4 Å². The first-order valence-corrected chi connectivity index (χ1v) is 8.39. The summed E-state index contributed by atoms with van der Waals surface area (Å²) in [6.07, 6.45) is 2.69. The highest BCUT2D eigenvalue weighted by Crippen LogP contribution is 2.32. The van der Waals surface area contributed by atoms with Crippen molar-refractivity contribution in [1.82, 2.24) is 20.0 Å². The number of rotatable bonds is 5. The Morgan fingerprint density at radius 3 is 2.71 bits per heavy atom. The van der Waals surface area contributed by atoms with E-state index < -0.39 is 5.54 Å². The van der Waals surface area contributed by atoms with Crippen LogP contribution in [0.5, 0.6) is 0 Å². The van der Waals surface area contributed by atoms with Gasteiger partial charge in [-0.2, -0.15) is 16.9 Å². The lowest BCUT2D eigenvalue weighted by atomic mass is 9.85. The van der Waals surface area contributed by atoms with E-state index in [1.165, 1.54) is 0 Å². The van der Waals surface area contributed by atoms with Gasteiger partial charge in [0.05, 0.1) is 0 Å². The minimum Gasteiger partial charge on any atom is -0.353 e. The van der Waals surface area contributed by atoms with E-state index in [1.807, 2.05) is 20.1 Å². The van der Waals surface area contributed by atoms with Crippen LogP contribution in [-0.4, -0.2) is 57.1 Å². The van der Waals surface area contributed by atoms with Gasteiger partial charge in [-0.05, 0) is 32.6 Å². The summed E-state index contributed by atoms with van der Waals surface area (Å²) in [5.41, 5.74) is 0.573. The van der Waals surface area contributed by atoms with Crippen molar-refractivity contribution in [2.75, 3.05) is 25.1 Å². The van der Waals surface area contributed by atoms with Gasteiger partial charge in [0.2, 0.25) is 5.91 Å². The Hall–Kier alpha value is -1.50. The van der Waals surface area contributed by atoms with Gasteiger partial charge in [0, 0.05) is 31.6 Å². The largest absolute Gasteiger partial charge is 0.353 e. The third kappa shape index (κ3) is 2.92. The maximum atomic E-state index is 12.5. The first kappa shape index (κ1) is 15.9. The molecule has 1 aliphatic heterocycles. The van der Waals surface area contributed by atoms with E-state index in [0.29, 0.717) is 25.2 Å². The zero-order chi connectivity index (χ0) is 15.6. The summed E-state index contributed by atoms with van der Waals surface area (Å²) in [5.74, 6) is 0.617. The maximum absolute atomic E-state index is 12.5. The van der Waals surface area contributed by atoms with Gasteiger partial charge in [-0.1, -0.05) is 0 Å². The fraction of sp³-hybridized carbons (Fsp3) is 0.643. The number of nitrogens with zero attached hydrogens (tertiary/aromatic N) is 3. The number of carbonyl (C=O) groups is 2. The Morgan fingerprint density at radius 2 is 2.24 bits per heavy atom. The Labute approximate surface area is 129 Å². The monoisotopic (exact) mass is 310 g/mol. The maximum Gasteiger partial charge on any atom is 0.275 e. The quantitative estimate of drug-likeness (QED) is 0.817. The average molecular weight is 310 g/mol. The third-order valence-electron chi connectivity index (χ3n) is 4.08. The minimum atomic E-state index is -0.749. The normalized spacial score (nSPS) is 21.0. The van der Waals surface area contributed by atoms with Crippen LogP contribution in [0.2, 0.25) is 0 Å². The van der Waals surface area contributed by atoms with Crippen LogP contribution >= 0.6 is 11.8 Å². The summed E-state index contributed by atoms with van der Waals surface area (Å²) in [7, 11) is 1.80. The lowest BCUT2D eigenvalue weighted by molar-refractivity contribution is -0.137. The van der Waals surface area contributed by atoms with Gasteiger partial charge in [-0.15, -0.1) is 0 Å². The smallest absolute Gasteiger partial charge is 0.275 e. The molecule has 2 heterocycles. The molecule has 0 aromatic carbocycles. The Bertz CT molecular complexity index is 538. The molecular formula is C14H22N4O2S. The number of amides is 2. The van der Waals surface area contributed by atoms with E-state index >= 15 is 0 Å². The number of hydrogen-bond acceptors (Lipinski definition) is 4. The zero-order valence-electron chi connectivity index (χ0n) is 13.0. The first-order valence-electron chi connectivity index (χ1n) is 7.00. The molecule has 1 aromatic rings. The molecule has 21 heavy (non-hydrogen) atoms. The number of likely N-dealkylation sites (tertiary alicyclic amines) is 1. The van der Waals surface area contributed by atoms with Crippen molar-refractivity contribution in [1.29, 1.82) is 0 Å². The Morgan fingerprint density at radius 1 is 1.52 bits per heavy atom. The van der Waals surface area contributed by atoms with Crippen LogP contribution in [0, 0.1) is 6.92 Å². The molecule has 1 N–H and O–H groups in total. The van der Waals surface area contributed by atoms with Crippen LogP contribution < -0.4 is 5.32 Å². The number of thioether (sulfide) groups is 1. The zero-order valence-corrected chi connectivity index (χ0v) is 13.8. The van der Waals surface area contributed by atoms with Gasteiger partial charge in [-0.25, -0.2) is 0 Å². The van der Waals surface area contributed by atoms with Crippen LogP contribution in [0.3, 0.4) is 0 Å². The molecule has 0 bridgehead atoms. The van der Waals surface area contributed by atoms with Gasteiger partial charge in [0.25, 0.3) is 5.91 Å². The molecule has 7 heteroatoms. The van der Waals surface area contributed by atoms with E-state index in [-0.39, 0.29) is 11.8 Å². The van der Waals surface area contributed by atoms with Crippen LogP contribution in [-0.2, 0) is 11.8 Å². The molecule has 2 amide bonds. The summed E-state index contributed by atoms with van der Waals surface area (Å²) in [5, 5.41) is 7.10. The molecule has 0 saturated carbocycles. The Balaban J connectivity index is 2.06. The van der Waals surface area contributed by atoms with Crippen molar-refractivity contribution in [3.8, 4) is 0 Å². The summed E-state index contributed by atoms with van der Waals surface area (Å²) in [6.45, 7) is 4.94. The van der Waals surface area contributed by atoms with Gasteiger partial charge in [0.1, 0.15) is 5.54 Å². The van der Waals surface area contributed by atoms with E-state index in [4.69, 9.17) is 0 Å². The highest BCUT2D eigenvalue weighted by atomic mass is 32.2. The fourth-order valence-electron chi connectivity index (χ4n) is 2.38. The molecule has 1 aliphatic rings. The number of nitrogens with one attached hydrogen (secondary N) is 1. The van der Waals surface area contributed by atoms with Gasteiger partial charge in [-0.3, -0.25) is 14.3 Å². The molecule has 6 nitrogen and oxygen atoms in total. The van der Waals surface area contributed by atoms with Crippen molar-refractivity contribution in [3.63, 3.8) is 0 Å².